The first-order chi connectivity index (χ1) is 11.2. The number of hydrogen-bond acceptors (Lipinski definition) is 3. The van der Waals surface area contributed by atoms with E-state index >= 15 is 0 Å². The minimum absolute atomic E-state index is 0. The maximum atomic E-state index is 12.1. The molecule has 4 nitrogen and oxygen atoms in total. The lowest BCUT2D eigenvalue weighted by atomic mass is 9.74. The first-order valence-corrected chi connectivity index (χ1v) is 8.87. The van der Waals surface area contributed by atoms with Crippen LogP contribution in [-0.4, -0.2) is 38.8 Å². The van der Waals surface area contributed by atoms with E-state index in [0.717, 1.165) is 43.5 Å². The SMILES string of the molecule is Cl.O=C(CNCC1CC1)NCC1(c2ccc(Cl)cc2)CCOCC1. The molecule has 1 aromatic carbocycles. The van der Waals surface area contributed by atoms with Crippen LogP contribution in [0.5, 0.6) is 0 Å². The fourth-order valence-electron chi connectivity index (χ4n) is 3.18. The van der Waals surface area contributed by atoms with Crippen molar-refractivity contribution in [2.45, 2.75) is 31.1 Å². The molecule has 2 fully saturated rings. The Morgan fingerprint density at radius 2 is 1.88 bits per heavy atom. The Hall–Kier alpha value is -0.810. The van der Waals surface area contributed by atoms with Crippen LogP contribution in [0.15, 0.2) is 24.3 Å². The highest BCUT2D eigenvalue weighted by Gasteiger charge is 2.34. The van der Waals surface area contributed by atoms with Gasteiger partial charge < -0.3 is 15.4 Å². The summed E-state index contributed by atoms with van der Waals surface area (Å²) < 4.78 is 5.52. The van der Waals surface area contributed by atoms with Crippen molar-refractivity contribution in [2.75, 3.05) is 32.8 Å². The Morgan fingerprint density at radius 1 is 1.21 bits per heavy atom. The van der Waals surface area contributed by atoms with Crippen molar-refractivity contribution in [1.82, 2.24) is 10.6 Å². The van der Waals surface area contributed by atoms with Crippen molar-refractivity contribution in [3.05, 3.63) is 34.9 Å². The summed E-state index contributed by atoms with van der Waals surface area (Å²) >= 11 is 6.01. The maximum Gasteiger partial charge on any atom is 0.233 e. The van der Waals surface area contributed by atoms with E-state index in [9.17, 15) is 4.79 Å². The zero-order chi connectivity index (χ0) is 16.1. The van der Waals surface area contributed by atoms with Crippen molar-refractivity contribution in [2.24, 2.45) is 5.92 Å². The highest BCUT2D eigenvalue weighted by atomic mass is 35.5. The monoisotopic (exact) mass is 372 g/mol. The second-order valence-electron chi connectivity index (χ2n) is 6.75. The number of carbonyl (C=O) groups excluding carboxylic acids is 1. The molecule has 0 bridgehead atoms. The van der Waals surface area contributed by atoms with Gasteiger partial charge in [-0.1, -0.05) is 23.7 Å². The van der Waals surface area contributed by atoms with Gasteiger partial charge in [0.1, 0.15) is 0 Å². The first-order valence-electron chi connectivity index (χ1n) is 8.49. The second kappa shape index (κ2) is 9.04. The lowest BCUT2D eigenvalue weighted by Gasteiger charge is -2.38. The number of hydrogen-bond donors (Lipinski definition) is 2. The van der Waals surface area contributed by atoms with E-state index < -0.39 is 0 Å². The van der Waals surface area contributed by atoms with Gasteiger partial charge in [0.15, 0.2) is 0 Å². The molecule has 24 heavy (non-hydrogen) atoms. The van der Waals surface area contributed by atoms with Crippen LogP contribution in [0.2, 0.25) is 5.02 Å². The molecule has 6 heteroatoms. The van der Waals surface area contributed by atoms with E-state index in [2.05, 4.69) is 22.8 Å². The van der Waals surface area contributed by atoms with Crippen LogP contribution in [0.25, 0.3) is 0 Å². The Morgan fingerprint density at radius 3 is 2.50 bits per heavy atom. The van der Waals surface area contributed by atoms with E-state index in [1.807, 2.05) is 12.1 Å². The smallest absolute Gasteiger partial charge is 0.233 e. The molecule has 134 valence electrons. The molecule has 1 saturated heterocycles. The number of halogens is 2. The lowest BCUT2D eigenvalue weighted by Crippen LogP contribution is -2.46. The van der Waals surface area contributed by atoms with Gasteiger partial charge in [-0.3, -0.25) is 4.79 Å². The largest absolute Gasteiger partial charge is 0.381 e. The molecule has 3 rings (SSSR count). The van der Waals surface area contributed by atoms with Crippen LogP contribution in [0.3, 0.4) is 0 Å². The molecule has 1 saturated carbocycles. The fraction of sp³-hybridized carbons (Fsp3) is 0.611. The van der Waals surface area contributed by atoms with Gasteiger partial charge in [-0.05, 0) is 55.8 Å². The lowest BCUT2D eigenvalue weighted by molar-refractivity contribution is -0.120. The highest BCUT2D eigenvalue weighted by Crippen LogP contribution is 2.34. The van der Waals surface area contributed by atoms with E-state index in [1.165, 1.54) is 18.4 Å². The zero-order valence-corrected chi connectivity index (χ0v) is 15.4. The van der Waals surface area contributed by atoms with Crippen LogP contribution in [0.4, 0.5) is 0 Å². The average molecular weight is 373 g/mol. The predicted molar refractivity (Wildman–Crippen MR) is 99.0 cm³/mol. The zero-order valence-electron chi connectivity index (χ0n) is 13.9. The summed E-state index contributed by atoms with van der Waals surface area (Å²) in [5.41, 5.74) is 1.19. The van der Waals surface area contributed by atoms with Crippen LogP contribution in [0.1, 0.15) is 31.2 Å². The minimum atomic E-state index is -0.0466. The number of ether oxygens (including phenoxy) is 1. The molecule has 1 aliphatic carbocycles. The molecule has 1 aliphatic heterocycles. The van der Waals surface area contributed by atoms with Gasteiger partial charge in [0, 0.05) is 30.2 Å². The summed E-state index contributed by atoms with van der Waals surface area (Å²) in [6, 6.07) is 8.00. The van der Waals surface area contributed by atoms with Crippen molar-refractivity contribution < 1.29 is 9.53 Å². The number of nitrogens with one attached hydrogen (secondary N) is 2. The molecule has 2 N–H and O–H groups in total. The molecule has 1 heterocycles. The second-order valence-corrected chi connectivity index (χ2v) is 7.19. The Balaban J connectivity index is 0.00000208. The van der Waals surface area contributed by atoms with Gasteiger partial charge in [-0.15, -0.1) is 12.4 Å². The molecule has 0 spiro atoms. The molecular formula is C18H26Cl2N2O2. The summed E-state index contributed by atoms with van der Waals surface area (Å²) in [7, 11) is 0. The number of benzene rings is 1. The van der Waals surface area contributed by atoms with Gasteiger partial charge in [-0.2, -0.15) is 0 Å². The third-order valence-electron chi connectivity index (χ3n) is 4.95. The van der Waals surface area contributed by atoms with E-state index in [4.69, 9.17) is 16.3 Å². The number of rotatable bonds is 7. The summed E-state index contributed by atoms with van der Waals surface area (Å²) in [4.78, 5) is 12.1. The Bertz CT molecular complexity index is 526. The molecule has 1 aromatic rings. The Kier molecular flexibility index (Phi) is 7.35. The summed E-state index contributed by atoms with van der Waals surface area (Å²) in [6.45, 7) is 3.49. The topological polar surface area (TPSA) is 50.4 Å². The number of carbonyl (C=O) groups is 1. The van der Waals surface area contributed by atoms with E-state index in [1.54, 1.807) is 0 Å². The Labute approximate surface area is 155 Å². The normalized spacial score (nSPS) is 19.4. The van der Waals surface area contributed by atoms with Gasteiger partial charge >= 0.3 is 0 Å². The average Bonchev–Trinajstić information content (AvgIpc) is 3.39. The van der Waals surface area contributed by atoms with Crippen LogP contribution >= 0.6 is 24.0 Å². The van der Waals surface area contributed by atoms with Gasteiger partial charge in [0.05, 0.1) is 6.54 Å². The summed E-state index contributed by atoms with van der Waals surface area (Å²) in [6.07, 6.45) is 4.44. The van der Waals surface area contributed by atoms with Crippen LogP contribution in [-0.2, 0) is 14.9 Å². The van der Waals surface area contributed by atoms with Crippen LogP contribution in [0, 0.1) is 5.92 Å². The standard InChI is InChI=1S/C18H25ClN2O2.ClH/c19-16-5-3-15(4-6-16)18(7-9-23-10-8-18)13-21-17(22)12-20-11-14-1-2-14;/h3-6,14,20H,1-2,7-13H2,(H,21,22);1H. The summed E-state index contributed by atoms with van der Waals surface area (Å²) in [5, 5.41) is 7.09. The first kappa shape index (κ1) is 19.5. The summed E-state index contributed by atoms with van der Waals surface area (Å²) in [5.74, 6) is 0.865. The molecule has 1 amide bonds. The van der Waals surface area contributed by atoms with Gasteiger partial charge in [0.2, 0.25) is 5.91 Å². The molecule has 0 atom stereocenters. The minimum Gasteiger partial charge on any atom is -0.381 e. The predicted octanol–water partition coefficient (Wildman–Crippen LogP) is 2.93. The van der Waals surface area contributed by atoms with Crippen molar-refractivity contribution in [3.63, 3.8) is 0 Å². The maximum absolute atomic E-state index is 12.1. The van der Waals surface area contributed by atoms with Crippen LogP contribution < -0.4 is 10.6 Å². The molecule has 0 aromatic heterocycles. The molecular weight excluding hydrogens is 347 g/mol. The third kappa shape index (κ3) is 5.35. The molecule has 2 aliphatic rings. The van der Waals surface area contributed by atoms with E-state index in [-0.39, 0.29) is 23.7 Å². The van der Waals surface area contributed by atoms with Gasteiger partial charge in [-0.25, -0.2) is 0 Å². The van der Waals surface area contributed by atoms with Crippen molar-refractivity contribution >= 4 is 29.9 Å². The van der Waals surface area contributed by atoms with Gasteiger partial charge in [0.25, 0.3) is 0 Å². The van der Waals surface area contributed by atoms with E-state index in [0.29, 0.717) is 13.1 Å². The molecule has 0 radical (unpaired) electrons. The fourth-order valence-corrected chi connectivity index (χ4v) is 3.30. The highest BCUT2D eigenvalue weighted by molar-refractivity contribution is 6.30. The van der Waals surface area contributed by atoms with Crippen molar-refractivity contribution in [3.8, 4) is 0 Å². The third-order valence-corrected chi connectivity index (χ3v) is 5.20. The van der Waals surface area contributed by atoms with Crippen molar-refractivity contribution in [1.29, 1.82) is 0 Å². The quantitative estimate of drug-likeness (QED) is 0.773. The molecule has 0 unspecified atom stereocenters. The number of amides is 1.